The summed E-state index contributed by atoms with van der Waals surface area (Å²) in [5, 5.41) is 8.40. The molecule has 0 aromatic heterocycles. The summed E-state index contributed by atoms with van der Waals surface area (Å²) in [5.74, 6) is -0.615. The molecular formula is C7H2Cl2FN. The Morgan fingerprint density at radius 2 is 1.91 bits per heavy atom. The highest BCUT2D eigenvalue weighted by molar-refractivity contribution is 6.34. The first-order chi connectivity index (χ1) is 5.15. The first-order valence-corrected chi connectivity index (χ1v) is 3.45. The topological polar surface area (TPSA) is 23.8 Å². The van der Waals surface area contributed by atoms with Gasteiger partial charge in [-0.3, -0.25) is 0 Å². The predicted octanol–water partition coefficient (Wildman–Crippen LogP) is 3.00. The fourth-order valence-corrected chi connectivity index (χ4v) is 0.965. The molecule has 1 aromatic rings. The summed E-state index contributed by atoms with van der Waals surface area (Å²) in [4.78, 5) is 0. The maximum absolute atomic E-state index is 12.6. The minimum Gasteiger partial charge on any atom is -0.205 e. The van der Waals surface area contributed by atoms with Crippen molar-refractivity contribution in [3.63, 3.8) is 0 Å². The monoisotopic (exact) mass is 189 g/mol. The largest absolute Gasteiger partial charge is 0.205 e. The second-order valence-corrected chi connectivity index (χ2v) is 2.67. The van der Waals surface area contributed by atoms with Crippen molar-refractivity contribution in [2.45, 2.75) is 0 Å². The van der Waals surface area contributed by atoms with Crippen LogP contribution in [-0.2, 0) is 0 Å². The number of halogens is 3. The van der Waals surface area contributed by atoms with Crippen LogP contribution in [0.25, 0.3) is 0 Å². The third-order valence-corrected chi connectivity index (χ3v) is 1.73. The highest BCUT2D eigenvalue weighted by Crippen LogP contribution is 2.22. The molecule has 0 bridgehead atoms. The van der Waals surface area contributed by atoms with Crippen molar-refractivity contribution in [3.05, 3.63) is 33.6 Å². The van der Waals surface area contributed by atoms with E-state index in [0.717, 1.165) is 6.07 Å². The second kappa shape index (κ2) is 3.08. The van der Waals surface area contributed by atoms with Gasteiger partial charge in [-0.1, -0.05) is 23.2 Å². The maximum atomic E-state index is 12.6. The fourth-order valence-electron chi connectivity index (χ4n) is 0.608. The molecule has 0 aliphatic rings. The highest BCUT2D eigenvalue weighted by Gasteiger charge is 2.05. The Hall–Kier alpha value is -0.780. The molecular weight excluding hydrogens is 188 g/mol. The van der Waals surface area contributed by atoms with Gasteiger partial charge in [0.1, 0.15) is 11.9 Å². The molecule has 0 spiro atoms. The van der Waals surface area contributed by atoms with Crippen LogP contribution in [0, 0.1) is 17.1 Å². The molecule has 4 heteroatoms. The number of hydrogen-bond donors (Lipinski definition) is 0. The van der Waals surface area contributed by atoms with E-state index < -0.39 is 5.82 Å². The molecule has 0 N–H and O–H groups in total. The van der Waals surface area contributed by atoms with Gasteiger partial charge < -0.3 is 0 Å². The summed E-state index contributed by atoms with van der Waals surface area (Å²) >= 11 is 10.9. The Labute approximate surface area is 73.0 Å². The predicted molar refractivity (Wildman–Crippen MR) is 41.1 cm³/mol. The minimum atomic E-state index is -0.615. The Morgan fingerprint density at radius 1 is 1.27 bits per heavy atom. The van der Waals surface area contributed by atoms with Gasteiger partial charge in [0.05, 0.1) is 15.6 Å². The zero-order valence-corrected chi connectivity index (χ0v) is 6.75. The van der Waals surface area contributed by atoms with Gasteiger partial charge in [-0.05, 0) is 12.1 Å². The van der Waals surface area contributed by atoms with Crippen LogP contribution in [0.4, 0.5) is 4.39 Å². The van der Waals surface area contributed by atoms with E-state index in [1.807, 2.05) is 0 Å². The molecule has 0 aliphatic heterocycles. The van der Waals surface area contributed by atoms with Crippen LogP contribution in [0.15, 0.2) is 12.1 Å². The van der Waals surface area contributed by atoms with E-state index in [-0.39, 0.29) is 15.6 Å². The molecule has 0 fully saturated rings. The van der Waals surface area contributed by atoms with Gasteiger partial charge in [-0.25, -0.2) is 4.39 Å². The van der Waals surface area contributed by atoms with Crippen molar-refractivity contribution in [2.75, 3.05) is 0 Å². The van der Waals surface area contributed by atoms with Gasteiger partial charge in [0.15, 0.2) is 0 Å². The Kier molecular flexibility index (Phi) is 2.33. The van der Waals surface area contributed by atoms with Gasteiger partial charge in [0, 0.05) is 0 Å². The third kappa shape index (κ3) is 1.62. The number of nitrogens with zero attached hydrogens (tertiary/aromatic N) is 1. The van der Waals surface area contributed by atoms with Crippen LogP contribution >= 0.6 is 23.2 Å². The lowest BCUT2D eigenvalue weighted by atomic mass is 10.2. The first kappa shape index (κ1) is 8.32. The summed E-state index contributed by atoms with van der Waals surface area (Å²) in [6.07, 6.45) is 0. The number of hydrogen-bond acceptors (Lipinski definition) is 1. The summed E-state index contributed by atoms with van der Waals surface area (Å²) < 4.78 is 12.6. The molecule has 1 nitrogen and oxygen atoms in total. The Balaban J connectivity index is 3.35. The molecule has 0 aliphatic carbocycles. The number of nitriles is 1. The van der Waals surface area contributed by atoms with E-state index in [0.29, 0.717) is 0 Å². The lowest BCUT2D eigenvalue weighted by Crippen LogP contribution is -1.81. The lowest BCUT2D eigenvalue weighted by molar-refractivity contribution is 0.628. The van der Waals surface area contributed by atoms with Crippen LogP contribution in [0.3, 0.4) is 0 Å². The molecule has 0 saturated heterocycles. The quantitative estimate of drug-likeness (QED) is 0.576. The van der Waals surface area contributed by atoms with Crippen molar-refractivity contribution >= 4 is 23.2 Å². The molecule has 0 unspecified atom stereocenters. The average Bonchev–Trinajstić information content (AvgIpc) is 1.97. The van der Waals surface area contributed by atoms with Gasteiger partial charge >= 0.3 is 0 Å². The van der Waals surface area contributed by atoms with Gasteiger partial charge in [-0.15, -0.1) is 0 Å². The molecule has 1 aromatic carbocycles. The SMILES string of the molecule is N#Cc1cc(Cl)c(F)cc1Cl. The maximum Gasteiger partial charge on any atom is 0.143 e. The smallest absolute Gasteiger partial charge is 0.143 e. The lowest BCUT2D eigenvalue weighted by Gasteiger charge is -1.96. The minimum absolute atomic E-state index is 0.0781. The van der Waals surface area contributed by atoms with E-state index in [4.69, 9.17) is 28.5 Å². The average molecular weight is 190 g/mol. The first-order valence-electron chi connectivity index (χ1n) is 2.70. The summed E-state index contributed by atoms with van der Waals surface area (Å²) in [6.45, 7) is 0. The van der Waals surface area contributed by atoms with E-state index in [1.54, 1.807) is 6.07 Å². The molecule has 11 heavy (non-hydrogen) atoms. The zero-order chi connectivity index (χ0) is 8.43. The molecule has 0 amide bonds. The van der Waals surface area contributed by atoms with Crippen LogP contribution in [0.1, 0.15) is 5.56 Å². The third-order valence-electron chi connectivity index (χ3n) is 1.13. The van der Waals surface area contributed by atoms with Crippen LogP contribution < -0.4 is 0 Å². The van der Waals surface area contributed by atoms with Gasteiger partial charge in [-0.2, -0.15) is 5.26 Å². The fraction of sp³-hybridized carbons (Fsp3) is 0. The van der Waals surface area contributed by atoms with Crippen molar-refractivity contribution < 1.29 is 4.39 Å². The Bertz CT molecular complexity index is 330. The van der Waals surface area contributed by atoms with Gasteiger partial charge in [0.25, 0.3) is 0 Å². The van der Waals surface area contributed by atoms with Crippen molar-refractivity contribution in [1.82, 2.24) is 0 Å². The van der Waals surface area contributed by atoms with E-state index in [2.05, 4.69) is 0 Å². The van der Waals surface area contributed by atoms with Crippen LogP contribution in [0.2, 0.25) is 10.0 Å². The molecule has 0 atom stereocenters. The summed E-state index contributed by atoms with van der Waals surface area (Å²) in [6, 6.07) is 3.99. The van der Waals surface area contributed by atoms with E-state index in [9.17, 15) is 4.39 Å². The van der Waals surface area contributed by atoms with Crippen LogP contribution in [-0.4, -0.2) is 0 Å². The molecule has 56 valence electrons. The molecule has 0 radical (unpaired) electrons. The molecule has 1 rings (SSSR count). The van der Waals surface area contributed by atoms with Crippen molar-refractivity contribution in [2.24, 2.45) is 0 Å². The van der Waals surface area contributed by atoms with E-state index in [1.165, 1.54) is 6.07 Å². The highest BCUT2D eigenvalue weighted by atomic mass is 35.5. The molecule has 0 heterocycles. The van der Waals surface area contributed by atoms with Crippen molar-refractivity contribution in [1.29, 1.82) is 5.26 Å². The van der Waals surface area contributed by atoms with Crippen LogP contribution in [0.5, 0.6) is 0 Å². The number of rotatable bonds is 0. The zero-order valence-electron chi connectivity index (χ0n) is 5.24. The van der Waals surface area contributed by atoms with Gasteiger partial charge in [0.2, 0.25) is 0 Å². The Morgan fingerprint density at radius 3 is 2.45 bits per heavy atom. The summed E-state index contributed by atoms with van der Waals surface area (Å²) in [7, 11) is 0. The standard InChI is InChI=1S/C7H2Cl2FN/c8-5-2-7(10)6(9)1-4(5)3-11/h1-2H. The van der Waals surface area contributed by atoms with Crippen molar-refractivity contribution in [3.8, 4) is 6.07 Å². The summed E-state index contributed by atoms with van der Waals surface area (Å²) in [5.41, 5.74) is 0.179. The normalized spacial score (nSPS) is 9.27. The number of benzene rings is 1. The van der Waals surface area contributed by atoms with E-state index >= 15 is 0 Å². The second-order valence-electron chi connectivity index (χ2n) is 1.86. The molecule has 0 saturated carbocycles.